The summed E-state index contributed by atoms with van der Waals surface area (Å²) in [5, 5.41) is 2.09. The van der Waals surface area contributed by atoms with Gasteiger partial charge < -0.3 is 0 Å². The molecular formula is C12H16N4S. The van der Waals surface area contributed by atoms with E-state index in [2.05, 4.69) is 39.2 Å². The number of thiazole rings is 1. The number of aromatic nitrogens is 3. The van der Waals surface area contributed by atoms with Crippen molar-refractivity contribution in [1.29, 1.82) is 0 Å². The summed E-state index contributed by atoms with van der Waals surface area (Å²) in [7, 11) is 2.11. The van der Waals surface area contributed by atoms with Crippen LogP contribution in [-0.2, 0) is 13.0 Å². The molecule has 0 N–H and O–H groups in total. The fourth-order valence-electron chi connectivity index (χ4n) is 1.62. The zero-order valence-corrected chi connectivity index (χ0v) is 10.9. The summed E-state index contributed by atoms with van der Waals surface area (Å²) < 4.78 is 0. The van der Waals surface area contributed by atoms with Crippen molar-refractivity contribution in [3.63, 3.8) is 0 Å². The van der Waals surface area contributed by atoms with Gasteiger partial charge in [0.25, 0.3) is 0 Å². The number of rotatable bonds is 5. The van der Waals surface area contributed by atoms with Gasteiger partial charge >= 0.3 is 0 Å². The summed E-state index contributed by atoms with van der Waals surface area (Å²) >= 11 is 1.64. The Hall–Kier alpha value is -1.33. The number of hydrogen-bond acceptors (Lipinski definition) is 5. The average molecular weight is 248 g/mol. The van der Waals surface area contributed by atoms with Gasteiger partial charge in [-0.2, -0.15) is 0 Å². The van der Waals surface area contributed by atoms with Crippen LogP contribution in [0.2, 0.25) is 0 Å². The molecule has 0 saturated heterocycles. The molecule has 0 amide bonds. The smallest absolute Gasteiger partial charge is 0.0795 e. The van der Waals surface area contributed by atoms with E-state index in [-0.39, 0.29) is 0 Å². The first-order chi connectivity index (χ1) is 8.25. The summed E-state index contributed by atoms with van der Waals surface area (Å²) in [6, 6.07) is 0.424. The molecule has 2 aromatic heterocycles. The largest absolute Gasteiger partial charge is 0.297 e. The second-order valence-electron chi connectivity index (χ2n) is 4.14. The van der Waals surface area contributed by atoms with Crippen LogP contribution in [0.25, 0.3) is 0 Å². The zero-order valence-electron chi connectivity index (χ0n) is 10.1. The molecule has 1 atom stereocenters. The molecule has 0 spiro atoms. The quantitative estimate of drug-likeness (QED) is 0.811. The fourth-order valence-corrected chi connectivity index (χ4v) is 2.17. The third-order valence-corrected chi connectivity index (χ3v) is 3.40. The minimum Gasteiger partial charge on any atom is -0.297 e. The minimum absolute atomic E-state index is 0.424. The van der Waals surface area contributed by atoms with Crippen LogP contribution in [0.3, 0.4) is 0 Å². The predicted octanol–water partition coefficient (Wildman–Crippen LogP) is 2.00. The highest BCUT2D eigenvalue weighted by atomic mass is 32.1. The van der Waals surface area contributed by atoms with Crippen LogP contribution in [0.5, 0.6) is 0 Å². The second kappa shape index (κ2) is 5.84. The van der Waals surface area contributed by atoms with E-state index in [1.165, 1.54) is 0 Å². The molecule has 90 valence electrons. The van der Waals surface area contributed by atoms with E-state index in [4.69, 9.17) is 0 Å². The summed E-state index contributed by atoms with van der Waals surface area (Å²) in [6.07, 6.45) is 6.18. The Morgan fingerprint density at radius 1 is 1.29 bits per heavy atom. The number of hydrogen-bond donors (Lipinski definition) is 0. The summed E-state index contributed by atoms with van der Waals surface area (Å²) in [6.45, 7) is 3.08. The normalized spacial score (nSPS) is 12.9. The molecule has 0 bridgehead atoms. The average Bonchev–Trinajstić information content (AvgIpc) is 2.83. The zero-order chi connectivity index (χ0) is 12.1. The lowest BCUT2D eigenvalue weighted by atomic mass is 10.1. The Bertz CT molecular complexity index is 429. The van der Waals surface area contributed by atoms with Gasteiger partial charge in [-0.05, 0) is 14.0 Å². The Morgan fingerprint density at radius 3 is 2.82 bits per heavy atom. The first kappa shape index (κ1) is 12.1. The van der Waals surface area contributed by atoms with E-state index < -0.39 is 0 Å². The molecule has 0 aromatic carbocycles. The van der Waals surface area contributed by atoms with Crippen LogP contribution in [0.1, 0.15) is 18.3 Å². The third-order valence-electron chi connectivity index (χ3n) is 2.77. The number of likely N-dealkylation sites (N-methyl/N-ethyl adjacent to an activating group) is 1. The Labute approximate surface area is 105 Å². The van der Waals surface area contributed by atoms with E-state index in [1.807, 2.05) is 11.7 Å². The Balaban J connectivity index is 1.89. The van der Waals surface area contributed by atoms with Crippen molar-refractivity contribution in [3.05, 3.63) is 40.9 Å². The maximum Gasteiger partial charge on any atom is 0.0795 e. The Kier molecular flexibility index (Phi) is 4.17. The molecule has 2 aromatic rings. The van der Waals surface area contributed by atoms with Crippen LogP contribution in [-0.4, -0.2) is 32.9 Å². The standard InChI is InChI=1S/C12H16N4S/c1-10(5-11-6-13-3-4-14-11)16(2)7-12-8-17-9-15-12/h3-4,6,8-10H,5,7H2,1-2H3. The number of nitrogens with zero attached hydrogens (tertiary/aromatic N) is 4. The van der Waals surface area contributed by atoms with Crippen molar-refractivity contribution in [2.24, 2.45) is 0 Å². The van der Waals surface area contributed by atoms with Gasteiger partial charge in [0.2, 0.25) is 0 Å². The molecule has 1 unspecified atom stereocenters. The lowest BCUT2D eigenvalue weighted by Gasteiger charge is -2.23. The van der Waals surface area contributed by atoms with Gasteiger partial charge in [-0.15, -0.1) is 11.3 Å². The highest BCUT2D eigenvalue weighted by Gasteiger charge is 2.11. The van der Waals surface area contributed by atoms with E-state index in [1.54, 1.807) is 23.7 Å². The molecule has 17 heavy (non-hydrogen) atoms. The molecule has 0 aliphatic rings. The first-order valence-electron chi connectivity index (χ1n) is 5.58. The lowest BCUT2D eigenvalue weighted by molar-refractivity contribution is 0.244. The van der Waals surface area contributed by atoms with Gasteiger partial charge in [-0.25, -0.2) is 4.98 Å². The molecule has 0 saturated carbocycles. The summed E-state index contributed by atoms with van der Waals surface area (Å²) in [5.41, 5.74) is 4.03. The predicted molar refractivity (Wildman–Crippen MR) is 68.8 cm³/mol. The molecule has 2 rings (SSSR count). The first-order valence-corrected chi connectivity index (χ1v) is 6.52. The van der Waals surface area contributed by atoms with E-state index in [0.717, 1.165) is 24.4 Å². The highest BCUT2D eigenvalue weighted by molar-refractivity contribution is 7.07. The van der Waals surface area contributed by atoms with Crippen LogP contribution in [0, 0.1) is 0 Å². The van der Waals surface area contributed by atoms with Gasteiger partial charge in [0.05, 0.1) is 16.9 Å². The van der Waals surface area contributed by atoms with Crippen LogP contribution < -0.4 is 0 Å². The van der Waals surface area contributed by atoms with Gasteiger partial charge in [0.15, 0.2) is 0 Å². The van der Waals surface area contributed by atoms with Crippen molar-refractivity contribution < 1.29 is 0 Å². The molecular weight excluding hydrogens is 232 g/mol. The molecule has 0 aliphatic carbocycles. The van der Waals surface area contributed by atoms with Crippen LogP contribution >= 0.6 is 11.3 Å². The van der Waals surface area contributed by atoms with Crippen molar-refractivity contribution >= 4 is 11.3 Å². The van der Waals surface area contributed by atoms with Gasteiger partial charge in [0.1, 0.15) is 0 Å². The lowest BCUT2D eigenvalue weighted by Crippen LogP contribution is -2.30. The molecule has 0 radical (unpaired) electrons. The summed E-state index contributed by atoms with van der Waals surface area (Å²) in [4.78, 5) is 15.0. The Morgan fingerprint density at radius 2 is 2.18 bits per heavy atom. The van der Waals surface area contributed by atoms with Crippen LogP contribution in [0.4, 0.5) is 0 Å². The molecule has 0 aliphatic heterocycles. The second-order valence-corrected chi connectivity index (χ2v) is 4.86. The van der Waals surface area contributed by atoms with E-state index in [0.29, 0.717) is 6.04 Å². The van der Waals surface area contributed by atoms with E-state index >= 15 is 0 Å². The fraction of sp³-hybridized carbons (Fsp3) is 0.417. The topological polar surface area (TPSA) is 41.9 Å². The van der Waals surface area contributed by atoms with Crippen molar-refractivity contribution in [1.82, 2.24) is 19.9 Å². The van der Waals surface area contributed by atoms with Gasteiger partial charge in [-0.3, -0.25) is 14.9 Å². The highest BCUT2D eigenvalue weighted by Crippen LogP contribution is 2.09. The SMILES string of the molecule is CC(Cc1cnccn1)N(C)Cc1cscn1. The van der Waals surface area contributed by atoms with Crippen molar-refractivity contribution in [2.45, 2.75) is 25.9 Å². The van der Waals surface area contributed by atoms with E-state index in [9.17, 15) is 0 Å². The minimum atomic E-state index is 0.424. The van der Waals surface area contributed by atoms with Crippen LogP contribution in [0.15, 0.2) is 29.5 Å². The third kappa shape index (κ3) is 3.57. The van der Waals surface area contributed by atoms with Gasteiger partial charge in [0, 0.05) is 43.0 Å². The molecule has 2 heterocycles. The maximum atomic E-state index is 4.30. The molecule has 0 fully saturated rings. The van der Waals surface area contributed by atoms with Crippen molar-refractivity contribution in [3.8, 4) is 0 Å². The van der Waals surface area contributed by atoms with Crippen molar-refractivity contribution in [2.75, 3.05) is 7.05 Å². The molecule has 4 nitrogen and oxygen atoms in total. The maximum absolute atomic E-state index is 4.30. The monoisotopic (exact) mass is 248 g/mol. The summed E-state index contributed by atoms with van der Waals surface area (Å²) in [5.74, 6) is 0. The van der Waals surface area contributed by atoms with Gasteiger partial charge in [-0.1, -0.05) is 0 Å². The molecule has 5 heteroatoms.